The smallest absolute Gasteiger partial charge is 0.407 e. The number of cyclic esters (lactones) is 1. The van der Waals surface area contributed by atoms with E-state index in [0.717, 1.165) is 16.7 Å². The summed E-state index contributed by atoms with van der Waals surface area (Å²) in [5.74, 6) is 0. The van der Waals surface area contributed by atoms with Gasteiger partial charge in [-0.1, -0.05) is 38.4 Å². The lowest BCUT2D eigenvalue weighted by atomic mass is 9.85. The number of H-pyrrole nitrogens is 1. The third-order valence-electron chi connectivity index (χ3n) is 4.68. The predicted octanol–water partition coefficient (Wildman–Crippen LogP) is 4.39. The fraction of sp³-hybridized carbons (Fsp3) is 0.400. The number of nitrogens with one attached hydrogen (secondary N) is 2. The van der Waals surface area contributed by atoms with Gasteiger partial charge in [0.25, 0.3) is 0 Å². The molecule has 3 rings (SSSR count). The Hall–Kier alpha value is -2.27. The van der Waals surface area contributed by atoms with Crippen molar-refractivity contribution in [1.29, 1.82) is 0 Å². The standard InChI is InChI=1S/C20H23ClN2O3/c1-10-6-13(20(3,4)5)14(21)7-12(10)15-8-16(24)18(11(2)23-15)17-9-22-19(25)26-17/h6-8,17H,9H2,1-5H3,(H,22,25)(H,23,24)/t17-/m0/s1. The van der Waals surface area contributed by atoms with Crippen LogP contribution in [0, 0.1) is 13.8 Å². The van der Waals surface area contributed by atoms with E-state index in [-0.39, 0.29) is 10.8 Å². The van der Waals surface area contributed by atoms with Crippen LogP contribution in [0.4, 0.5) is 4.79 Å². The maximum absolute atomic E-state index is 12.7. The summed E-state index contributed by atoms with van der Waals surface area (Å²) in [7, 11) is 0. The molecular weight excluding hydrogens is 352 g/mol. The lowest BCUT2D eigenvalue weighted by Gasteiger charge is -2.23. The van der Waals surface area contributed by atoms with Gasteiger partial charge in [0.2, 0.25) is 0 Å². The first-order valence-corrected chi connectivity index (χ1v) is 8.95. The quantitative estimate of drug-likeness (QED) is 0.818. The van der Waals surface area contributed by atoms with Crippen molar-refractivity contribution in [1.82, 2.24) is 10.3 Å². The molecular formula is C20H23ClN2O3. The molecule has 1 saturated heterocycles. The van der Waals surface area contributed by atoms with E-state index in [1.165, 1.54) is 0 Å². The molecule has 5 nitrogen and oxygen atoms in total. The van der Waals surface area contributed by atoms with E-state index in [4.69, 9.17) is 16.3 Å². The molecule has 1 aliphatic rings. The zero-order valence-electron chi connectivity index (χ0n) is 15.6. The molecule has 1 amide bonds. The molecule has 6 heteroatoms. The maximum atomic E-state index is 12.7. The number of alkyl carbamates (subject to hydrolysis) is 1. The van der Waals surface area contributed by atoms with Gasteiger partial charge in [0.15, 0.2) is 11.5 Å². The van der Waals surface area contributed by atoms with Crippen molar-refractivity contribution in [2.45, 2.75) is 46.1 Å². The number of carbonyl (C=O) groups excluding carboxylic acids is 1. The minimum absolute atomic E-state index is 0.0626. The first-order chi connectivity index (χ1) is 12.1. The predicted molar refractivity (Wildman–Crippen MR) is 103 cm³/mol. The summed E-state index contributed by atoms with van der Waals surface area (Å²) in [4.78, 5) is 27.2. The number of aryl methyl sites for hydroxylation is 2. The van der Waals surface area contributed by atoms with Gasteiger partial charge < -0.3 is 15.0 Å². The number of amides is 1. The van der Waals surface area contributed by atoms with Crippen LogP contribution < -0.4 is 10.7 Å². The third kappa shape index (κ3) is 3.36. The lowest BCUT2D eigenvalue weighted by Crippen LogP contribution is -2.19. The van der Waals surface area contributed by atoms with Crippen LogP contribution in [0.5, 0.6) is 0 Å². The largest absolute Gasteiger partial charge is 0.439 e. The van der Waals surface area contributed by atoms with E-state index in [1.807, 2.05) is 19.9 Å². The van der Waals surface area contributed by atoms with Crippen molar-refractivity contribution in [2.75, 3.05) is 6.54 Å². The van der Waals surface area contributed by atoms with Crippen LogP contribution in [-0.4, -0.2) is 17.6 Å². The SMILES string of the molecule is Cc1cc(C(C)(C)C)c(Cl)cc1-c1cc(=O)c([C@@H]2CNC(=O)O2)c(C)[nH]1. The summed E-state index contributed by atoms with van der Waals surface area (Å²) in [5, 5.41) is 3.25. The second-order valence-electron chi connectivity index (χ2n) is 7.76. The van der Waals surface area contributed by atoms with Crippen LogP contribution in [0.2, 0.25) is 5.02 Å². The number of carbonyl (C=O) groups is 1. The van der Waals surface area contributed by atoms with Crippen LogP contribution >= 0.6 is 11.6 Å². The maximum Gasteiger partial charge on any atom is 0.407 e. The van der Waals surface area contributed by atoms with Crippen molar-refractivity contribution in [3.05, 3.63) is 55.8 Å². The number of ether oxygens (including phenoxy) is 1. The molecule has 2 aromatic rings. The molecule has 0 radical (unpaired) electrons. The summed E-state index contributed by atoms with van der Waals surface area (Å²) in [6.45, 7) is 10.5. The summed E-state index contributed by atoms with van der Waals surface area (Å²) in [6, 6.07) is 5.52. The fourth-order valence-electron chi connectivity index (χ4n) is 3.34. The van der Waals surface area contributed by atoms with Gasteiger partial charge in [0.1, 0.15) is 0 Å². The molecule has 26 heavy (non-hydrogen) atoms. The first-order valence-electron chi connectivity index (χ1n) is 8.57. The van der Waals surface area contributed by atoms with Crippen LogP contribution in [0.1, 0.15) is 49.3 Å². The number of pyridine rings is 1. The highest BCUT2D eigenvalue weighted by atomic mass is 35.5. The average Bonchev–Trinajstić information content (AvgIpc) is 2.93. The summed E-state index contributed by atoms with van der Waals surface area (Å²) in [6.07, 6.45) is -1.06. The second-order valence-corrected chi connectivity index (χ2v) is 8.16. The van der Waals surface area contributed by atoms with E-state index in [9.17, 15) is 9.59 Å². The number of rotatable bonds is 2. The highest BCUT2D eigenvalue weighted by molar-refractivity contribution is 6.31. The summed E-state index contributed by atoms with van der Waals surface area (Å²) < 4.78 is 5.16. The van der Waals surface area contributed by atoms with Gasteiger partial charge in [-0.05, 0) is 36.5 Å². The van der Waals surface area contributed by atoms with E-state index in [2.05, 4.69) is 37.1 Å². The molecule has 0 aliphatic carbocycles. The Morgan fingerprint density at radius 2 is 1.85 bits per heavy atom. The number of benzene rings is 1. The molecule has 0 saturated carbocycles. The van der Waals surface area contributed by atoms with E-state index >= 15 is 0 Å². The van der Waals surface area contributed by atoms with Gasteiger partial charge >= 0.3 is 6.09 Å². The number of aromatic amines is 1. The Kier molecular flexibility index (Phi) is 4.61. The Morgan fingerprint density at radius 3 is 2.38 bits per heavy atom. The van der Waals surface area contributed by atoms with Crippen LogP contribution in [0.15, 0.2) is 23.0 Å². The molecule has 1 fully saturated rings. The number of halogens is 1. The van der Waals surface area contributed by atoms with Crippen molar-refractivity contribution >= 4 is 17.7 Å². The highest BCUT2D eigenvalue weighted by Crippen LogP contribution is 2.35. The average molecular weight is 375 g/mol. The van der Waals surface area contributed by atoms with Crippen molar-refractivity contribution < 1.29 is 9.53 Å². The van der Waals surface area contributed by atoms with Crippen molar-refractivity contribution in [2.24, 2.45) is 0 Å². The lowest BCUT2D eigenvalue weighted by molar-refractivity contribution is 0.140. The third-order valence-corrected chi connectivity index (χ3v) is 5.00. The topological polar surface area (TPSA) is 71.2 Å². The monoisotopic (exact) mass is 374 g/mol. The van der Waals surface area contributed by atoms with Crippen LogP contribution in [-0.2, 0) is 10.2 Å². The summed E-state index contributed by atoms with van der Waals surface area (Å²) >= 11 is 6.51. The van der Waals surface area contributed by atoms with E-state index < -0.39 is 12.2 Å². The summed E-state index contributed by atoms with van der Waals surface area (Å²) in [5.41, 5.74) is 4.63. The highest BCUT2D eigenvalue weighted by Gasteiger charge is 2.28. The first kappa shape index (κ1) is 18.5. The van der Waals surface area contributed by atoms with E-state index in [0.29, 0.717) is 28.5 Å². The molecule has 0 spiro atoms. The molecule has 2 heterocycles. The Balaban J connectivity index is 2.07. The zero-order chi connectivity index (χ0) is 19.2. The van der Waals surface area contributed by atoms with E-state index in [1.54, 1.807) is 6.07 Å². The van der Waals surface area contributed by atoms with Gasteiger partial charge in [-0.25, -0.2) is 4.79 Å². The van der Waals surface area contributed by atoms with Gasteiger partial charge in [0, 0.05) is 28.0 Å². The molecule has 1 atom stereocenters. The molecule has 0 unspecified atom stereocenters. The minimum Gasteiger partial charge on any atom is -0.439 e. The zero-order valence-corrected chi connectivity index (χ0v) is 16.4. The molecule has 2 N–H and O–H groups in total. The number of aromatic nitrogens is 1. The van der Waals surface area contributed by atoms with Crippen LogP contribution in [0.25, 0.3) is 11.3 Å². The Bertz CT molecular complexity index is 941. The Morgan fingerprint density at radius 1 is 1.15 bits per heavy atom. The Labute approximate surface area is 157 Å². The molecule has 0 bridgehead atoms. The van der Waals surface area contributed by atoms with Gasteiger partial charge in [-0.15, -0.1) is 0 Å². The molecule has 1 aliphatic heterocycles. The van der Waals surface area contributed by atoms with Gasteiger partial charge in [-0.3, -0.25) is 4.79 Å². The van der Waals surface area contributed by atoms with Gasteiger partial charge in [-0.2, -0.15) is 0 Å². The normalized spacial score (nSPS) is 17.2. The number of hydrogen-bond acceptors (Lipinski definition) is 3. The second kappa shape index (κ2) is 6.47. The van der Waals surface area contributed by atoms with Crippen LogP contribution in [0.3, 0.4) is 0 Å². The fourth-order valence-corrected chi connectivity index (χ4v) is 3.79. The minimum atomic E-state index is -0.562. The van der Waals surface area contributed by atoms with Gasteiger partial charge in [0.05, 0.1) is 12.1 Å². The number of hydrogen-bond donors (Lipinski definition) is 2. The molecule has 138 valence electrons. The van der Waals surface area contributed by atoms with Crippen molar-refractivity contribution in [3.8, 4) is 11.3 Å². The van der Waals surface area contributed by atoms with Crippen molar-refractivity contribution in [3.63, 3.8) is 0 Å². The molecule has 1 aromatic heterocycles. The molecule has 1 aromatic carbocycles.